The molecule has 0 unspecified atom stereocenters. The van der Waals surface area contributed by atoms with Crippen LogP contribution in [-0.4, -0.2) is 9.55 Å². The Labute approximate surface area is 140 Å². The number of benzene rings is 2. The Morgan fingerprint density at radius 1 is 1.17 bits per heavy atom. The van der Waals surface area contributed by atoms with Crippen molar-refractivity contribution >= 4 is 28.2 Å². The number of anilines is 1. The van der Waals surface area contributed by atoms with E-state index >= 15 is 0 Å². The minimum absolute atomic E-state index is 0.0133. The van der Waals surface area contributed by atoms with Gasteiger partial charge in [-0.2, -0.15) is 0 Å². The predicted molar refractivity (Wildman–Crippen MR) is 98.8 cm³/mol. The maximum Gasteiger partial charge on any atom is 0.261 e. The molecule has 1 aliphatic rings. The summed E-state index contributed by atoms with van der Waals surface area (Å²) in [6.07, 6.45) is 2.98. The topological polar surface area (TPSA) is 60.9 Å². The van der Waals surface area contributed by atoms with Crippen LogP contribution in [0.2, 0.25) is 0 Å². The fourth-order valence-corrected chi connectivity index (χ4v) is 3.27. The number of hydrogen-bond acceptors (Lipinski definition) is 3. The summed E-state index contributed by atoms with van der Waals surface area (Å²) in [6.45, 7) is 4.86. The van der Waals surface area contributed by atoms with E-state index in [4.69, 9.17) is 10.7 Å². The maximum absolute atomic E-state index is 12.7. The number of aromatic nitrogens is 2. The van der Waals surface area contributed by atoms with E-state index in [0.29, 0.717) is 23.1 Å². The van der Waals surface area contributed by atoms with Crippen molar-refractivity contribution in [2.45, 2.75) is 26.8 Å². The van der Waals surface area contributed by atoms with E-state index in [-0.39, 0.29) is 5.56 Å². The van der Waals surface area contributed by atoms with Gasteiger partial charge in [-0.3, -0.25) is 9.36 Å². The zero-order valence-electron chi connectivity index (χ0n) is 13.8. The third kappa shape index (κ3) is 2.31. The molecule has 1 aromatic heterocycles. The zero-order chi connectivity index (χ0) is 16.8. The van der Waals surface area contributed by atoms with Gasteiger partial charge in [0, 0.05) is 12.2 Å². The van der Waals surface area contributed by atoms with Gasteiger partial charge in [0.25, 0.3) is 5.56 Å². The van der Waals surface area contributed by atoms with Gasteiger partial charge in [-0.25, -0.2) is 4.98 Å². The van der Waals surface area contributed by atoms with E-state index in [0.717, 1.165) is 17.8 Å². The van der Waals surface area contributed by atoms with Crippen molar-refractivity contribution in [2.24, 2.45) is 0 Å². The Kier molecular flexibility index (Phi) is 3.27. The quantitative estimate of drug-likeness (QED) is 0.698. The predicted octanol–water partition coefficient (Wildman–Crippen LogP) is 3.54. The highest BCUT2D eigenvalue weighted by atomic mass is 16.1. The lowest BCUT2D eigenvalue weighted by atomic mass is 10.0. The Morgan fingerprint density at radius 2 is 2.00 bits per heavy atom. The molecular formula is C20H19N3O. The van der Waals surface area contributed by atoms with Crippen LogP contribution in [0.3, 0.4) is 0 Å². The van der Waals surface area contributed by atoms with Crippen molar-refractivity contribution < 1.29 is 0 Å². The van der Waals surface area contributed by atoms with E-state index in [1.165, 1.54) is 16.7 Å². The van der Waals surface area contributed by atoms with E-state index in [1.807, 2.05) is 0 Å². The smallest absolute Gasteiger partial charge is 0.261 e. The molecule has 2 aromatic carbocycles. The number of fused-ring (bicyclic) bond motifs is 2. The molecule has 3 aromatic rings. The van der Waals surface area contributed by atoms with Crippen LogP contribution in [-0.2, 0) is 6.54 Å². The molecular weight excluding hydrogens is 298 g/mol. The van der Waals surface area contributed by atoms with Crippen molar-refractivity contribution in [3.05, 3.63) is 69.3 Å². The third-order valence-electron chi connectivity index (χ3n) is 4.64. The highest BCUT2D eigenvalue weighted by Gasteiger charge is 2.21. The summed E-state index contributed by atoms with van der Waals surface area (Å²) >= 11 is 0. The van der Waals surface area contributed by atoms with Crippen molar-refractivity contribution in [2.75, 3.05) is 5.73 Å². The van der Waals surface area contributed by atoms with Crippen LogP contribution in [0, 0.1) is 13.8 Å². The zero-order valence-corrected chi connectivity index (χ0v) is 13.8. The average molecular weight is 317 g/mol. The van der Waals surface area contributed by atoms with Crippen molar-refractivity contribution in [3.63, 3.8) is 0 Å². The second-order valence-electron chi connectivity index (χ2n) is 6.45. The minimum atomic E-state index is 0.0133. The van der Waals surface area contributed by atoms with E-state index in [9.17, 15) is 4.79 Å². The minimum Gasteiger partial charge on any atom is -0.399 e. The lowest BCUT2D eigenvalue weighted by molar-refractivity contribution is 0.725. The molecule has 24 heavy (non-hydrogen) atoms. The van der Waals surface area contributed by atoms with Gasteiger partial charge in [0.1, 0.15) is 5.82 Å². The maximum atomic E-state index is 12.7. The van der Waals surface area contributed by atoms with Crippen LogP contribution in [0.15, 0.2) is 41.2 Å². The molecule has 0 amide bonds. The van der Waals surface area contributed by atoms with Gasteiger partial charge >= 0.3 is 0 Å². The molecule has 2 N–H and O–H groups in total. The summed E-state index contributed by atoms with van der Waals surface area (Å²) in [7, 11) is 0. The molecule has 0 spiro atoms. The van der Waals surface area contributed by atoms with Gasteiger partial charge < -0.3 is 5.73 Å². The van der Waals surface area contributed by atoms with Crippen molar-refractivity contribution in [1.29, 1.82) is 0 Å². The average Bonchev–Trinajstić information content (AvgIpc) is 2.94. The molecule has 0 fully saturated rings. The van der Waals surface area contributed by atoms with Gasteiger partial charge in [0.15, 0.2) is 0 Å². The molecule has 4 rings (SSSR count). The molecule has 1 aliphatic heterocycles. The van der Waals surface area contributed by atoms with Crippen LogP contribution >= 0.6 is 0 Å². The second-order valence-corrected chi connectivity index (χ2v) is 6.45. The monoisotopic (exact) mass is 317 g/mol. The Bertz CT molecular complexity index is 1060. The summed E-state index contributed by atoms with van der Waals surface area (Å²) in [5, 5.41) is 0.626. The summed E-state index contributed by atoms with van der Waals surface area (Å²) in [5.41, 5.74) is 11.9. The van der Waals surface area contributed by atoms with Crippen molar-refractivity contribution in [3.8, 4) is 0 Å². The second kappa shape index (κ2) is 5.34. The molecule has 4 nitrogen and oxygen atoms in total. The van der Waals surface area contributed by atoms with Crippen LogP contribution in [0.1, 0.15) is 28.9 Å². The number of nitrogens with zero attached hydrogens (tertiary/aromatic N) is 2. The third-order valence-corrected chi connectivity index (χ3v) is 4.64. The fraction of sp³-hybridized carbons (Fsp3) is 0.200. The molecule has 0 bridgehead atoms. The van der Waals surface area contributed by atoms with Crippen LogP contribution in [0.5, 0.6) is 0 Å². The SMILES string of the molecule is Cc1ccc(C)c(/C=C2\CCn3c2nc2cc(N)ccc2c3=O)c1. The lowest BCUT2D eigenvalue weighted by Crippen LogP contribution is -2.20. The summed E-state index contributed by atoms with van der Waals surface area (Å²) in [4.78, 5) is 17.4. The van der Waals surface area contributed by atoms with Gasteiger partial charge in [-0.15, -0.1) is 0 Å². The number of nitrogen functional groups attached to an aromatic ring is 1. The number of aryl methyl sites for hydroxylation is 2. The molecule has 4 heteroatoms. The summed E-state index contributed by atoms with van der Waals surface area (Å²) < 4.78 is 1.77. The van der Waals surface area contributed by atoms with E-state index < -0.39 is 0 Å². The first-order chi connectivity index (χ1) is 11.5. The number of allylic oxidation sites excluding steroid dienone is 1. The molecule has 2 heterocycles. The normalized spacial score (nSPS) is 15.2. The molecule has 0 atom stereocenters. The Hall–Kier alpha value is -2.88. The first-order valence-corrected chi connectivity index (χ1v) is 8.11. The largest absolute Gasteiger partial charge is 0.399 e. The number of hydrogen-bond donors (Lipinski definition) is 1. The summed E-state index contributed by atoms with van der Waals surface area (Å²) in [6, 6.07) is 11.7. The fourth-order valence-electron chi connectivity index (χ4n) is 3.27. The molecule has 120 valence electrons. The van der Waals surface area contributed by atoms with Gasteiger partial charge in [-0.1, -0.05) is 23.8 Å². The van der Waals surface area contributed by atoms with Gasteiger partial charge in [0.05, 0.1) is 10.9 Å². The van der Waals surface area contributed by atoms with E-state index in [1.54, 1.807) is 22.8 Å². The lowest BCUT2D eigenvalue weighted by Gasteiger charge is -2.07. The standard InChI is InChI=1S/C20H19N3O/c1-12-3-4-13(2)15(9-12)10-14-7-8-23-19(14)22-18-11-16(21)5-6-17(18)20(23)24/h3-6,9-11H,7-8,21H2,1-2H3/b14-10+. The van der Waals surface area contributed by atoms with E-state index in [2.05, 4.69) is 38.1 Å². The van der Waals surface area contributed by atoms with Crippen molar-refractivity contribution in [1.82, 2.24) is 9.55 Å². The molecule has 0 saturated carbocycles. The highest BCUT2D eigenvalue weighted by Crippen LogP contribution is 2.28. The van der Waals surface area contributed by atoms with Crippen LogP contribution in [0.4, 0.5) is 5.69 Å². The van der Waals surface area contributed by atoms with Crippen LogP contribution < -0.4 is 11.3 Å². The van der Waals surface area contributed by atoms with Gasteiger partial charge in [-0.05, 0) is 61.2 Å². The Morgan fingerprint density at radius 3 is 2.83 bits per heavy atom. The molecule has 0 radical (unpaired) electrons. The first-order valence-electron chi connectivity index (χ1n) is 8.11. The number of nitrogens with two attached hydrogens (primary N) is 1. The van der Waals surface area contributed by atoms with Crippen LogP contribution in [0.25, 0.3) is 22.6 Å². The number of rotatable bonds is 1. The molecule has 0 saturated heterocycles. The highest BCUT2D eigenvalue weighted by molar-refractivity contribution is 5.86. The summed E-state index contributed by atoms with van der Waals surface area (Å²) in [5.74, 6) is 0.763. The molecule has 0 aliphatic carbocycles. The van der Waals surface area contributed by atoms with Gasteiger partial charge in [0.2, 0.25) is 0 Å². The Balaban J connectivity index is 1.93. The first kappa shape index (κ1) is 14.7.